The van der Waals surface area contributed by atoms with Crippen LogP contribution in [0.3, 0.4) is 0 Å². The van der Waals surface area contributed by atoms with E-state index < -0.39 is 5.67 Å². The second kappa shape index (κ2) is 2.92. The molecule has 0 bridgehead atoms. The zero-order chi connectivity index (χ0) is 10.3. The first kappa shape index (κ1) is 9.40. The van der Waals surface area contributed by atoms with E-state index in [4.69, 9.17) is 5.73 Å². The first-order valence-corrected chi connectivity index (χ1v) is 5.10. The molecule has 0 aliphatic rings. The van der Waals surface area contributed by atoms with E-state index in [-0.39, 0.29) is 0 Å². The van der Waals surface area contributed by atoms with E-state index in [1.165, 1.54) is 25.4 Å². The highest BCUT2D eigenvalue weighted by Crippen LogP contribution is 2.33. The lowest BCUT2D eigenvalue weighted by molar-refractivity contribution is 0.218. The van der Waals surface area contributed by atoms with Gasteiger partial charge in [-0.2, -0.15) is 4.37 Å². The van der Waals surface area contributed by atoms with Crippen LogP contribution in [0.5, 0.6) is 0 Å². The van der Waals surface area contributed by atoms with E-state index in [1.807, 2.05) is 6.07 Å². The van der Waals surface area contributed by atoms with Crippen molar-refractivity contribution in [3.63, 3.8) is 0 Å². The van der Waals surface area contributed by atoms with Gasteiger partial charge in [-0.3, -0.25) is 0 Å². The summed E-state index contributed by atoms with van der Waals surface area (Å²) in [4.78, 5) is 0. The fraction of sp³-hybridized carbons (Fsp3) is 0.300. The fourth-order valence-corrected chi connectivity index (χ4v) is 2.27. The Bertz CT molecular complexity index is 470. The van der Waals surface area contributed by atoms with Crippen molar-refractivity contribution in [3.8, 4) is 0 Å². The number of hydrogen-bond acceptors (Lipinski definition) is 3. The van der Waals surface area contributed by atoms with E-state index in [9.17, 15) is 4.39 Å². The van der Waals surface area contributed by atoms with Crippen LogP contribution >= 0.6 is 11.5 Å². The Labute approximate surface area is 85.7 Å². The number of alkyl halides is 1. The van der Waals surface area contributed by atoms with Crippen molar-refractivity contribution in [2.75, 3.05) is 5.73 Å². The lowest BCUT2D eigenvalue weighted by Crippen LogP contribution is -2.09. The molecule has 2 aromatic rings. The smallest absolute Gasteiger partial charge is 0.148 e. The molecule has 0 aliphatic carbocycles. The predicted octanol–water partition coefficient (Wildman–Crippen LogP) is 3.08. The van der Waals surface area contributed by atoms with Gasteiger partial charge in [-0.25, -0.2) is 4.39 Å². The molecule has 0 fully saturated rings. The number of hydrogen-bond donors (Lipinski definition) is 1. The molecule has 0 aliphatic heterocycles. The Balaban J connectivity index is 2.73. The van der Waals surface area contributed by atoms with Crippen molar-refractivity contribution >= 4 is 27.3 Å². The number of benzene rings is 1. The molecular weight excluding hydrogens is 199 g/mol. The van der Waals surface area contributed by atoms with Gasteiger partial charge in [0.15, 0.2) is 0 Å². The largest absolute Gasteiger partial charge is 0.399 e. The summed E-state index contributed by atoms with van der Waals surface area (Å²) < 4.78 is 18.8. The topological polar surface area (TPSA) is 38.9 Å². The van der Waals surface area contributed by atoms with Crippen molar-refractivity contribution in [3.05, 3.63) is 23.9 Å². The second-order valence-corrected chi connectivity index (χ2v) is 4.56. The molecule has 0 radical (unpaired) electrons. The standard InChI is InChI=1S/C10H11FN2S/c1-10(2,11)9-7-5-6(12)3-4-8(7)14-13-9/h3-5H,12H2,1-2H3. The van der Waals surface area contributed by atoms with Gasteiger partial charge in [0.2, 0.25) is 0 Å². The molecule has 0 saturated heterocycles. The Morgan fingerprint density at radius 1 is 1.43 bits per heavy atom. The number of halogens is 1. The van der Waals surface area contributed by atoms with Crippen LogP contribution in [0.25, 0.3) is 10.1 Å². The number of nitrogen functional groups attached to an aromatic ring is 1. The Morgan fingerprint density at radius 2 is 2.14 bits per heavy atom. The zero-order valence-electron chi connectivity index (χ0n) is 8.04. The van der Waals surface area contributed by atoms with E-state index in [0.717, 1.165) is 10.1 Å². The second-order valence-electron chi connectivity index (χ2n) is 3.76. The highest BCUT2D eigenvalue weighted by molar-refractivity contribution is 7.13. The minimum Gasteiger partial charge on any atom is -0.399 e. The molecule has 0 saturated carbocycles. The van der Waals surface area contributed by atoms with E-state index >= 15 is 0 Å². The molecule has 0 amide bonds. The van der Waals surface area contributed by atoms with Gasteiger partial charge in [-0.1, -0.05) is 0 Å². The molecule has 1 aromatic carbocycles. The highest BCUT2D eigenvalue weighted by atomic mass is 32.1. The first-order chi connectivity index (χ1) is 6.48. The maximum atomic E-state index is 13.7. The van der Waals surface area contributed by atoms with Crippen molar-refractivity contribution in [2.45, 2.75) is 19.5 Å². The third kappa shape index (κ3) is 1.46. The minimum atomic E-state index is -1.41. The van der Waals surface area contributed by atoms with Gasteiger partial charge in [0.05, 0.1) is 10.4 Å². The van der Waals surface area contributed by atoms with Gasteiger partial charge in [0.1, 0.15) is 5.67 Å². The van der Waals surface area contributed by atoms with Crippen LogP contribution in [-0.4, -0.2) is 4.37 Å². The quantitative estimate of drug-likeness (QED) is 0.734. The molecule has 0 atom stereocenters. The summed E-state index contributed by atoms with van der Waals surface area (Å²) in [5, 5.41) is 0.822. The van der Waals surface area contributed by atoms with Crippen molar-refractivity contribution in [1.29, 1.82) is 0 Å². The predicted molar refractivity (Wildman–Crippen MR) is 58.2 cm³/mol. The van der Waals surface area contributed by atoms with Gasteiger partial charge < -0.3 is 5.73 Å². The molecule has 74 valence electrons. The number of nitrogens with zero attached hydrogens (tertiary/aromatic N) is 1. The van der Waals surface area contributed by atoms with Gasteiger partial charge in [0, 0.05) is 11.1 Å². The van der Waals surface area contributed by atoms with E-state index in [0.29, 0.717) is 11.4 Å². The SMILES string of the molecule is CC(C)(F)c1nsc2ccc(N)cc12. The molecule has 2 nitrogen and oxygen atoms in total. The molecule has 1 aromatic heterocycles. The zero-order valence-corrected chi connectivity index (χ0v) is 8.86. The van der Waals surface area contributed by atoms with Gasteiger partial charge >= 0.3 is 0 Å². The Kier molecular flexibility index (Phi) is 1.96. The third-order valence-corrected chi connectivity index (χ3v) is 2.88. The number of nitrogens with two attached hydrogens (primary N) is 1. The maximum absolute atomic E-state index is 13.7. The summed E-state index contributed by atoms with van der Waals surface area (Å²) >= 11 is 1.30. The highest BCUT2D eigenvalue weighted by Gasteiger charge is 2.24. The van der Waals surface area contributed by atoms with Crippen LogP contribution in [-0.2, 0) is 5.67 Å². The van der Waals surface area contributed by atoms with Gasteiger partial charge in [-0.15, -0.1) is 0 Å². The molecule has 14 heavy (non-hydrogen) atoms. The van der Waals surface area contributed by atoms with Crippen LogP contribution < -0.4 is 5.73 Å². The normalized spacial score (nSPS) is 12.2. The number of anilines is 1. The summed E-state index contributed by atoms with van der Waals surface area (Å²) in [7, 11) is 0. The van der Waals surface area contributed by atoms with Crippen LogP contribution in [0, 0.1) is 0 Å². The minimum absolute atomic E-state index is 0.477. The molecule has 2 rings (SSSR count). The Morgan fingerprint density at radius 3 is 2.79 bits per heavy atom. The van der Waals surface area contributed by atoms with Crippen LogP contribution in [0.15, 0.2) is 18.2 Å². The Hall–Kier alpha value is -1.16. The fourth-order valence-electron chi connectivity index (χ4n) is 1.39. The molecule has 4 heteroatoms. The number of aromatic nitrogens is 1. The average molecular weight is 210 g/mol. The van der Waals surface area contributed by atoms with Crippen LogP contribution in [0.4, 0.5) is 10.1 Å². The molecule has 2 N–H and O–H groups in total. The summed E-state index contributed by atoms with van der Waals surface area (Å²) in [6.07, 6.45) is 0. The van der Waals surface area contributed by atoms with Crippen LogP contribution in [0.1, 0.15) is 19.5 Å². The first-order valence-electron chi connectivity index (χ1n) is 4.33. The number of fused-ring (bicyclic) bond motifs is 1. The van der Waals surface area contributed by atoms with Gasteiger partial charge in [0.25, 0.3) is 0 Å². The molecule has 1 heterocycles. The summed E-state index contributed by atoms with van der Waals surface area (Å²) in [6, 6.07) is 5.45. The van der Waals surface area contributed by atoms with Crippen LogP contribution in [0.2, 0.25) is 0 Å². The lowest BCUT2D eigenvalue weighted by Gasteiger charge is -2.10. The molecule has 0 unspecified atom stereocenters. The summed E-state index contributed by atoms with van der Waals surface area (Å²) in [5.74, 6) is 0. The monoisotopic (exact) mass is 210 g/mol. The summed E-state index contributed by atoms with van der Waals surface area (Å²) in [5.41, 5.74) is 5.36. The summed E-state index contributed by atoms with van der Waals surface area (Å²) in [6.45, 7) is 3.01. The van der Waals surface area contributed by atoms with E-state index in [2.05, 4.69) is 4.37 Å². The van der Waals surface area contributed by atoms with Gasteiger partial charge in [-0.05, 0) is 43.6 Å². The molecular formula is C10H11FN2S. The van der Waals surface area contributed by atoms with Crippen molar-refractivity contribution in [1.82, 2.24) is 4.37 Å². The van der Waals surface area contributed by atoms with E-state index in [1.54, 1.807) is 12.1 Å². The van der Waals surface area contributed by atoms with Crippen molar-refractivity contribution < 1.29 is 4.39 Å². The lowest BCUT2D eigenvalue weighted by atomic mass is 10.0. The number of rotatable bonds is 1. The maximum Gasteiger partial charge on any atom is 0.148 e. The van der Waals surface area contributed by atoms with Crippen molar-refractivity contribution in [2.24, 2.45) is 0 Å². The average Bonchev–Trinajstić information content (AvgIpc) is 2.45. The third-order valence-electron chi connectivity index (χ3n) is 2.06. The molecule has 0 spiro atoms.